The van der Waals surface area contributed by atoms with E-state index in [1.807, 2.05) is 6.07 Å². The second-order valence-corrected chi connectivity index (χ2v) is 7.75. The average molecular weight is 410 g/mol. The van der Waals surface area contributed by atoms with Crippen molar-refractivity contribution in [3.8, 4) is 0 Å². The van der Waals surface area contributed by atoms with Gasteiger partial charge in [-0.1, -0.05) is 12.6 Å². The van der Waals surface area contributed by atoms with Crippen molar-refractivity contribution in [1.82, 2.24) is 20.2 Å². The van der Waals surface area contributed by atoms with Crippen LogP contribution in [0, 0.1) is 5.82 Å². The van der Waals surface area contributed by atoms with Gasteiger partial charge < -0.3 is 20.9 Å². The van der Waals surface area contributed by atoms with E-state index in [-0.39, 0.29) is 17.8 Å². The number of rotatable bonds is 5. The summed E-state index contributed by atoms with van der Waals surface area (Å²) >= 11 is 0. The van der Waals surface area contributed by atoms with Crippen LogP contribution in [0.5, 0.6) is 0 Å². The maximum absolute atomic E-state index is 14.3. The van der Waals surface area contributed by atoms with Gasteiger partial charge in [0.25, 0.3) is 0 Å². The number of fused-ring (bicyclic) bond motifs is 1. The number of carbonyl (C=O) groups is 1. The smallest absolute Gasteiger partial charge is 0.246 e. The molecule has 7 nitrogen and oxygen atoms in total. The number of carbonyl (C=O) groups excluding carboxylic acids is 1. The van der Waals surface area contributed by atoms with E-state index in [1.165, 1.54) is 23.4 Å². The van der Waals surface area contributed by atoms with Gasteiger partial charge in [-0.25, -0.2) is 9.37 Å². The molecule has 1 unspecified atom stereocenters. The monoisotopic (exact) mass is 410 g/mol. The molecule has 2 aliphatic rings. The molecule has 0 aliphatic carbocycles. The first-order valence-electron chi connectivity index (χ1n) is 10.4. The molecule has 2 aromatic rings. The number of hydrogen-bond donors (Lipinski definition) is 3. The number of likely N-dealkylation sites (tertiary alicyclic amines) is 1. The molecule has 158 valence electrons. The zero-order chi connectivity index (χ0) is 20.9. The Kier molecular flexibility index (Phi) is 6.23. The number of nitrogens with zero attached hydrogens (tertiary/aromatic N) is 3. The fraction of sp³-hybridized carbons (Fsp3) is 0.409. The number of anilines is 3. The Labute approximate surface area is 175 Å². The molecule has 2 aliphatic heterocycles. The highest BCUT2D eigenvalue weighted by Crippen LogP contribution is 2.23. The van der Waals surface area contributed by atoms with Gasteiger partial charge in [0.1, 0.15) is 0 Å². The number of benzene rings is 1. The van der Waals surface area contributed by atoms with E-state index in [1.54, 1.807) is 4.90 Å². The lowest BCUT2D eigenvalue weighted by atomic mass is 10.0. The number of hydrogen-bond acceptors (Lipinski definition) is 6. The van der Waals surface area contributed by atoms with Crippen molar-refractivity contribution in [3.63, 3.8) is 0 Å². The Morgan fingerprint density at radius 3 is 3.10 bits per heavy atom. The predicted octanol–water partition coefficient (Wildman–Crippen LogP) is 2.98. The molecule has 8 heteroatoms. The second-order valence-electron chi connectivity index (χ2n) is 7.75. The van der Waals surface area contributed by atoms with Crippen LogP contribution in [0.2, 0.25) is 0 Å². The zero-order valence-corrected chi connectivity index (χ0v) is 17.0. The summed E-state index contributed by atoms with van der Waals surface area (Å²) in [6.45, 7) is 6.62. The number of nitrogens with one attached hydrogen (secondary N) is 3. The van der Waals surface area contributed by atoms with Crippen LogP contribution in [0.4, 0.5) is 21.8 Å². The summed E-state index contributed by atoms with van der Waals surface area (Å²) in [5, 5.41) is 9.74. The predicted molar refractivity (Wildman–Crippen MR) is 115 cm³/mol. The molecule has 1 amide bonds. The number of piperidine rings is 1. The Morgan fingerprint density at radius 2 is 2.23 bits per heavy atom. The number of aromatic nitrogens is 2. The molecule has 1 aromatic carbocycles. The summed E-state index contributed by atoms with van der Waals surface area (Å²) in [6, 6.07) is 6.14. The molecule has 0 bridgehead atoms. The molecule has 30 heavy (non-hydrogen) atoms. The van der Waals surface area contributed by atoms with Gasteiger partial charge in [0, 0.05) is 31.4 Å². The summed E-state index contributed by atoms with van der Waals surface area (Å²) < 4.78 is 14.3. The van der Waals surface area contributed by atoms with Crippen LogP contribution in [0.1, 0.15) is 30.4 Å². The first kappa shape index (κ1) is 20.3. The molecular formula is C22H27FN6O. The molecule has 1 saturated heterocycles. The van der Waals surface area contributed by atoms with E-state index in [9.17, 15) is 9.18 Å². The number of aryl methyl sites for hydroxylation is 1. The zero-order valence-electron chi connectivity index (χ0n) is 17.0. The minimum Gasteiger partial charge on any atom is -0.363 e. The van der Waals surface area contributed by atoms with Crippen molar-refractivity contribution in [1.29, 1.82) is 0 Å². The van der Waals surface area contributed by atoms with Crippen LogP contribution in [0.25, 0.3) is 0 Å². The summed E-state index contributed by atoms with van der Waals surface area (Å²) in [4.78, 5) is 22.0. The molecule has 1 aromatic heterocycles. The highest BCUT2D eigenvalue weighted by atomic mass is 19.1. The molecular weight excluding hydrogens is 383 g/mol. The fourth-order valence-electron chi connectivity index (χ4n) is 4.01. The lowest BCUT2D eigenvalue weighted by Crippen LogP contribution is -2.44. The highest BCUT2D eigenvalue weighted by molar-refractivity contribution is 5.87. The van der Waals surface area contributed by atoms with Crippen LogP contribution >= 0.6 is 0 Å². The van der Waals surface area contributed by atoms with Crippen molar-refractivity contribution in [2.75, 3.05) is 30.3 Å². The van der Waals surface area contributed by atoms with E-state index in [2.05, 4.69) is 44.6 Å². The standard InChI is InChI=1S/C22H27FN6O/c1-2-20(30)29-10-4-6-18(14-29)26-21-19(23)13-25-22(28-21)27-17-8-7-16-12-24-9-3-5-15(16)11-17/h2,7-8,11,13,18,24H,1,3-6,9-10,12,14H2,(H2,25,26,27,28). The van der Waals surface area contributed by atoms with Crippen molar-refractivity contribution in [2.24, 2.45) is 0 Å². The molecule has 1 fully saturated rings. The van der Waals surface area contributed by atoms with Crippen molar-refractivity contribution >= 4 is 23.4 Å². The van der Waals surface area contributed by atoms with Gasteiger partial charge in [0.05, 0.1) is 6.20 Å². The van der Waals surface area contributed by atoms with Crippen LogP contribution in [-0.4, -0.2) is 46.5 Å². The highest BCUT2D eigenvalue weighted by Gasteiger charge is 2.23. The van der Waals surface area contributed by atoms with Crippen LogP contribution in [0.3, 0.4) is 0 Å². The van der Waals surface area contributed by atoms with Crippen LogP contribution in [0.15, 0.2) is 37.1 Å². The molecule has 3 N–H and O–H groups in total. The van der Waals surface area contributed by atoms with Crippen molar-refractivity contribution < 1.29 is 9.18 Å². The number of halogens is 1. The summed E-state index contributed by atoms with van der Waals surface area (Å²) in [6.07, 6.45) is 6.29. The van der Waals surface area contributed by atoms with E-state index in [0.29, 0.717) is 19.0 Å². The van der Waals surface area contributed by atoms with Crippen LogP contribution < -0.4 is 16.0 Å². The third-order valence-electron chi connectivity index (χ3n) is 5.57. The SMILES string of the molecule is C=CC(=O)N1CCCC(Nc2nc(Nc3ccc4c(c3)CCCNC4)ncc2F)C1. The van der Waals surface area contributed by atoms with Crippen molar-refractivity contribution in [3.05, 3.63) is 54.0 Å². The van der Waals surface area contributed by atoms with E-state index in [0.717, 1.165) is 44.5 Å². The quantitative estimate of drug-likeness (QED) is 0.658. The van der Waals surface area contributed by atoms with E-state index >= 15 is 0 Å². The third kappa shape index (κ3) is 4.76. The third-order valence-corrected chi connectivity index (χ3v) is 5.57. The van der Waals surface area contributed by atoms with E-state index in [4.69, 9.17) is 0 Å². The Morgan fingerprint density at radius 1 is 1.33 bits per heavy atom. The molecule has 0 saturated carbocycles. The van der Waals surface area contributed by atoms with Crippen molar-refractivity contribution in [2.45, 2.75) is 38.3 Å². The summed E-state index contributed by atoms with van der Waals surface area (Å²) in [5.41, 5.74) is 3.49. The Balaban J connectivity index is 1.46. The van der Waals surface area contributed by atoms with Gasteiger partial charge >= 0.3 is 0 Å². The molecule has 0 spiro atoms. The maximum Gasteiger partial charge on any atom is 0.246 e. The average Bonchev–Trinajstić information content (AvgIpc) is 3.01. The molecule has 0 radical (unpaired) electrons. The molecule has 1 atom stereocenters. The lowest BCUT2D eigenvalue weighted by molar-refractivity contribution is -0.127. The van der Waals surface area contributed by atoms with Gasteiger partial charge in [0.15, 0.2) is 11.6 Å². The normalized spacial score (nSPS) is 18.8. The van der Waals surface area contributed by atoms with Gasteiger partial charge in [-0.15, -0.1) is 0 Å². The fourth-order valence-corrected chi connectivity index (χ4v) is 4.01. The Bertz CT molecular complexity index is 934. The largest absolute Gasteiger partial charge is 0.363 e. The molecule has 4 rings (SSSR count). The lowest BCUT2D eigenvalue weighted by Gasteiger charge is -2.32. The summed E-state index contributed by atoms with van der Waals surface area (Å²) in [7, 11) is 0. The first-order valence-corrected chi connectivity index (χ1v) is 10.4. The van der Waals surface area contributed by atoms with Gasteiger partial charge in [-0.3, -0.25) is 4.79 Å². The summed E-state index contributed by atoms with van der Waals surface area (Å²) in [5.74, 6) is -0.143. The van der Waals surface area contributed by atoms with Crippen LogP contribution in [-0.2, 0) is 17.8 Å². The minimum absolute atomic E-state index is 0.0695. The maximum atomic E-state index is 14.3. The molecule has 3 heterocycles. The second kappa shape index (κ2) is 9.21. The Hall–Kier alpha value is -3.00. The number of amides is 1. The topological polar surface area (TPSA) is 82.2 Å². The van der Waals surface area contributed by atoms with E-state index < -0.39 is 5.82 Å². The first-order chi connectivity index (χ1) is 14.6. The van der Waals surface area contributed by atoms with Gasteiger partial charge in [-0.2, -0.15) is 4.98 Å². The minimum atomic E-state index is -0.513. The van der Waals surface area contributed by atoms with Gasteiger partial charge in [-0.05, 0) is 61.6 Å². The van der Waals surface area contributed by atoms with Gasteiger partial charge in [0.2, 0.25) is 11.9 Å².